The molecule has 5 rings (SSSR count). The third-order valence-electron chi connectivity index (χ3n) is 5.66. The molecule has 1 fully saturated rings. The first-order valence-electron chi connectivity index (χ1n) is 10.2. The first kappa shape index (κ1) is 20.1. The van der Waals surface area contributed by atoms with Crippen molar-refractivity contribution in [3.05, 3.63) is 53.1 Å². The molecule has 0 unspecified atom stereocenters. The van der Waals surface area contributed by atoms with Gasteiger partial charge in [-0.2, -0.15) is 17.7 Å². The standard InChI is InChI=1S/C22H19ClF3N5/c23-16-8-9-18-17(13-16)20(30-10-3-1-2-4-11-30)27-21-19(28-29-31(18)21)14-6-5-7-15(12-14)22(24,25)26/h5-9,12-13H,1-4,10-11H2. The highest BCUT2D eigenvalue weighted by molar-refractivity contribution is 6.31. The lowest BCUT2D eigenvalue weighted by molar-refractivity contribution is -0.137. The van der Waals surface area contributed by atoms with Gasteiger partial charge in [-0.05, 0) is 43.2 Å². The van der Waals surface area contributed by atoms with Gasteiger partial charge in [-0.15, -0.1) is 5.10 Å². The van der Waals surface area contributed by atoms with Crippen LogP contribution in [0.2, 0.25) is 5.02 Å². The van der Waals surface area contributed by atoms with E-state index in [1.807, 2.05) is 12.1 Å². The molecule has 2 aromatic carbocycles. The summed E-state index contributed by atoms with van der Waals surface area (Å²) in [6.45, 7) is 1.73. The summed E-state index contributed by atoms with van der Waals surface area (Å²) < 4.78 is 41.3. The molecule has 0 saturated carbocycles. The summed E-state index contributed by atoms with van der Waals surface area (Å²) in [5.41, 5.74) is 1.10. The molecule has 2 aromatic heterocycles. The zero-order chi connectivity index (χ0) is 21.6. The molecule has 0 bridgehead atoms. The highest BCUT2D eigenvalue weighted by Crippen LogP contribution is 2.35. The average molecular weight is 446 g/mol. The van der Waals surface area contributed by atoms with Gasteiger partial charge in [-0.1, -0.05) is 41.8 Å². The Bertz CT molecular complexity index is 1260. The van der Waals surface area contributed by atoms with Gasteiger partial charge >= 0.3 is 6.18 Å². The van der Waals surface area contributed by atoms with Crippen LogP contribution >= 0.6 is 11.6 Å². The van der Waals surface area contributed by atoms with Crippen LogP contribution in [-0.2, 0) is 6.18 Å². The Morgan fingerprint density at radius 1 is 0.935 bits per heavy atom. The summed E-state index contributed by atoms with van der Waals surface area (Å²) in [5, 5.41) is 9.84. The summed E-state index contributed by atoms with van der Waals surface area (Å²) in [6.07, 6.45) is 0.0230. The first-order valence-corrected chi connectivity index (χ1v) is 10.6. The van der Waals surface area contributed by atoms with E-state index in [0.29, 0.717) is 21.9 Å². The number of benzene rings is 2. The number of nitrogens with zero attached hydrogens (tertiary/aromatic N) is 5. The molecule has 1 aliphatic rings. The number of fused-ring (bicyclic) bond motifs is 3. The molecule has 0 atom stereocenters. The Kier molecular flexibility index (Phi) is 4.97. The highest BCUT2D eigenvalue weighted by Gasteiger charge is 2.31. The van der Waals surface area contributed by atoms with Gasteiger partial charge in [0, 0.05) is 29.1 Å². The second kappa shape index (κ2) is 7.67. The second-order valence-electron chi connectivity index (χ2n) is 7.75. The minimum Gasteiger partial charge on any atom is -0.356 e. The number of halogens is 4. The molecule has 160 valence electrons. The van der Waals surface area contributed by atoms with E-state index < -0.39 is 11.7 Å². The number of anilines is 1. The van der Waals surface area contributed by atoms with Crippen LogP contribution in [0.4, 0.5) is 19.0 Å². The minimum absolute atomic E-state index is 0.319. The molecule has 5 nitrogen and oxygen atoms in total. The molecule has 0 amide bonds. The third-order valence-corrected chi connectivity index (χ3v) is 5.89. The third kappa shape index (κ3) is 3.69. The lowest BCUT2D eigenvalue weighted by atomic mass is 10.1. The number of aromatic nitrogens is 4. The molecule has 0 spiro atoms. The van der Waals surface area contributed by atoms with E-state index in [-0.39, 0.29) is 0 Å². The van der Waals surface area contributed by atoms with Crippen LogP contribution in [0.15, 0.2) is 42.5 Å². The second-order valence-corrected chi connectivity index (χ2v) is 8.19. The summed E-state index contributed by atoms with van der Waals surface area (Å²) in [7, 11) is 0. The van der Waals surface area contributed by atoms with Crippen LogP contribution in [0, 0.1) is 0 Å². The molecule has 4 aromatic rings. The topological polar surface area (TPSA) is 46.3 Å². The predicted molar refractivity (Wildman–Crippen MR) is 114 cm³/mol. The van der Waals surface area contributed by atoms with Gasteiger partial charge in [0.1, 0.15) is 11.5 Å². The zero-order valence-electron chi connectivity index (χ0n) is 16.5. The van der Waals surface area contributed by atoms with Crippen LogP contribution in [-0.4, -0.2) is 32.9 Å². The van der Waals surface area contributed by atoms with Gasteiger partial charge in [0.15, 0.2) is 5.65 Å². The van der Waals surface area contributed by atoms with Crippen LogP contribution in [0.5, 0.6) is 0 Å². The molecule has 3 heterocycles. The van der Waals surface area contributed by atoms with Gasteiger partial charge in [0.25, 0.3) is 0 Å². The maximum absolute atomic E-state index is 13.2. The molecule has 1 saturated heterocycles. The van der Waals surface area contributed by atoms with Crippen LogP contribution in [0.3, 0.4) is 0 Å². The van der Waals surface area contributed by atoms with Crippen molar-refractivity contribution in [2.75, 3.05) is 18.0 Å². The number of rotatable bonds is 2. The number of alkyl halides is 3. The van der Waals surface area contributed by atoms with Crippen molar-refractivity contribution >= 4 is 34.0 Å². The maximum Gasteiger partial charge on any atom is 0.416 e. The maximum atomic E-state index is 13.2. The van der Waals surface area contributed by atoms with Crippen molar-refractivity contribution in [2.24, 2.45) is 0 Å². The van der Waals surface area contributed by atoms with E-state index in [1.165, 1.54) is 18.9 Å². The van der Waals surface area contributed by atoms with Crippen LogP contribution in [0.1, 0.15) is 31.2 Å². The smallest absolute Gasteiger partial charge is 0.356 e. The summed E-state index contributed by atoms with van der Waals surface area (Å²) in [5.74, 6) is 0.766. The van der Waals surface area contributed by atoms with Gasteiger partial charge < -0.3 is 4.90 Å². The highest BCUT2D eigenvalue weighted by atomic mass is 35.5. The summed E-state index contributed by atoms with van der Waals surface area (Å²) in [4.78, 5) is 7.09. The van der Waals surface area contributed by atoms with Crippen molar-refractivity contribution in [1.29, 1.82) is 0 Å². The van der Waals surface area contributed by atoms with E-state index in [0.717, 1.165) is 54.8 Å². The van der Waals surface area contributed by atoms with Crippen LogP contribution in [0.25, 0.3) is 27.8 Å². The number of hydrogen-bond acceptors (Lipinski definition) is 4. The van der Waals surface area contributed by atoms with Crippen molar-refractivity contribution in [2.45, 2.75) is 31.9 Å². The molecule has 0 radical (unpaired) electrons. The van der Waals surface area contributed by atoms with Gasteiger partial charge in [0.2, 0.25) is 0 Å². The van der Waals surface area contributed by atoms with Crippen molar-refractivity contribution in [3.63, 3.8) is 0 Å². The minimum atomic E-state index is -4.44. The lowest BCUT2D eigenvalue weighted by Crippen LogP contribution is -2.25. The fourth-order valence-electron chi connectivity index (χ4n) is 4.13. The van der Waals surface area contributed by atoms with Crippen LogP contribution < -0.4 is 4.90 Å². The first-order chi connectivity index (χ1) is 14.9. The Balaban J connectivity index is 1.74. The molecule has 31 heavy (non-hydrogen) atoms. The Morgan fingerprint density at radius 2 is 1.71 bits per heavy atom. The van der Waals surface area contributed by atoms with E-state index in [2.05, 4.69) is 15.2 Å². The zero-order valence-corrected chi connectivity index (χ0v) is 17.3. The summed E-state index contributed by atoms with van der Waals surface area (Å²) in [6, 6.07) is 10.6. The molecular weight excluding hydrogens is 427 g/mol. The van der Waals surface area contributed by atoms with E-state index in [1.54, 1.807) is 16.6 Å². The van der Waals surface area contributed by atoms with Gasteiger partial charge in [-0.3, -0.25) is 0 Å². The van der Waals surface area contributed by atoms with Crippen molar-refractivity contribution < 1.29 is 13.2 Å². The normalized spacial score (nSPS) is 15.5. The fraction of sp³-hybridized carbons (Fsp3) is 0.318. The fourth-order valence-corrected chi connectivity index (χ4v) is 4.30. The van der Waals surface area contributed by atoms with Crippen molar-refractivity contribution in [3.8, 4) is 11.3 Å². The van der Waals surface area contributed by atoms with E-state index >= 15 is 0 Å². The average Bonchev–Trinajstić information content (AvgIpc) is 2.98. The van der Waals surface area contributed by atoms with E-state index in [4.69, 9.17) is 16.6 Å². The Morgan fingerprint density at radius 3 is 2.45 bits per heavy atom. The Labute approximate surface area is 181 Å². The molecule has 9 heteroatoms. The molecule has 0 N–H and O–H groups in total. The quantitative estimate of drug-likeness (QED) is 0.380. The summed E-state index contributed by atoms with van der Waals surface area (Å²) >= 11 is 6.28. The monoisotopic (exact) mass is 445 g/mol. The van der Waals surface area contributed by atoms with Gasteiger partial charge in [0.05, 0.1) is 11.1 Å². The lowest BCUT2D eigenvalue weighted by Gasteiger charge is -2.23. The SMILES string of the molecule is FC(F)(F)c1cccc(-c2nnn3c2nc(N2CCCCCC2)c2cc(Cl)ccc23)c1. The molecular formula is C22H19ClF3N5. The Hall–Kier alpha value is -2.87. The molecule has 0 aliphatic carbocycles. The largest absolute Gasteiger partial charge is 0.416 e. The number of hydrogen-bond donors (Lipinski definition) is 0. The van der Waals surface area contributed by atoms with Crippen molar-refractivity contribution in [1.82, 2.24) is 19.8 Å². The predicted octanol–water partition coefficient (Wildman–Crippen LogP) is 6.00. The molecule has 1 aliphatic heterocycles. The van der Waals surface area contributed by atoms with Gasteiger partial charge in [-0.25, -0.2) is 4.98 Å². The van der Waals surface area contributed by atoms with E-state index in [9.17, 15) is 13.2 Å².